The third kappa shape index (κ3) is 3.90. The molecule has 0 atom stereocenters. The first-order chi connectivity index (χ1) is 8.06. The van der Waals surface area contributed by atoms with Gasteiger partial charge in [-0.25, -0.2) is 4.58 Å². The fraction of sp³-hybridized carbons (Fsp3) is 0.417. The minimum Gasteiger partial charge on any atom is -0.870 e. The summed E-state index contributed by atoms with van der Waals surface area (Å²) in [7, 11) is -3.81. The topological polar surface area (TPSA) is 87.4 Å². The Hall–Kier alpha value is -1.24. The zero-order valence-electron chi connectivity index (χ0n) is 9.99. The molecule has 0 aromatic heterocycles. The number of unbranched alkanes of at least 4 members (excludes halogenated alkanes) is 1. The molecule has 100 valence electrons. The lowest BCUT2D eigenvalue weighted by molar-refractivity contribution is -0.433. The van der Waals surface area contributed by atoms with Crippen molar-refractivity contribution in [2.75, 3.05) is 12.3 Å². The van der Waals surface area contributed by atoms with E-state index in [9.17, 15) is 8.42 Å². The van der Waals surface area contributed by atoms with Crippen molar-refractivity contribution in [3.63, 3.8) is 0 Å². The van der Waals surface area contributed by atoms with Crippen LogP contribution in [-0.2, 0) is 16.5 Å². The van der Waals surface area contributed by atoms with E-state index in [0.29, 0.717) is 6.42 Å². The Bertz CT molecular complexity index is 537. The van der Waals surface area contributed by atoms with Crippen molar-refractivity contribution < 1.29 is 23.0 Å². The summed E-state index contributed by atoms with van der Waals surface area (Å²) in [6.07, 6.45) is 4.31. The standard InChI is InChI=1S/C12H15NO3S.H2O/c14-17(15,16)10-4-3-8-13-9-7-11-5-1-2-6-12(11)13;/h1-2,5-6,9H,3-4,7-8,10H2;1H2. The molecular formula is C12H17NO4S. The van der Waals surface area contributed by atoms with E-state index in [1.54, 1.807) is 0 Å². The summed E-state index contributed by atoms with van der Waals surface area (Å²) in [6, 6.07) is 8.20. The number of hydrogen-bond donors (Lipinski definition) is 1. The minimum absolute atomic E-state index is 0. The van der Waals surface area contributed by atoms with Gasteiger partial charge in [-0.1, -0.05) is 18.2 Å². The molecule has 0 amide bonds. The summed E-state index contributed by atoms with van der Waals surface area (Å²) in [4.78, 5) is 0. The van der Waals surface area contributed by atoms with Crippen molar-refractivity contribution in [1.29, 1.82) is 0 Å². The number of benzene rings is 1. The summed E-state index contributed by atoms with van der Waals surface area (Å²) in [5, 5.41) is 0. The highest BCUT2D eigenvalue weighted by molar-refractivity contribution is 7.85. The zero-order valence-corrected chi connectivity index (χ0v) is 10.8. The van der Waals surface area contributed by atoms with Gasteiger partial charge < -0.3 is 5.48 Å². The van der Waals surface area contributed by atoms with Gasteiger partial charge >= 0.3 is 0 Å². The highest BCUT2D eigenvalue weighted by Crippen LogP contribution is 2.23. The van der Waals surface area contributed by atoms with Crippen molar-refractivity contribution >= 4 is 22.0 Å². The van der Waals surface area contributed by atoms with Gasteiger partial charge in [-0.15, -0.1) is 0 Å². The van der Waals surface area contributed by atoms with E-state index in [2.05, 4.69) is 22.9 Å². The molecule has 1 heterocycles. The Balaban J connectivity index is 0.00000162. The van der Waals surface area contributed by atoms with Crippen LogP contribution in [0.5, 0.6) is 0 Å². The molecule has 0 aliphatic carbocycles. The Kier molecular flexibility index (Phi) is 5.01. The van der Waals surface area contributed by atoms with Gasteiger partial charge in [0.15, 0.2) is 0 Å². The SMILES string of the molecule is O=S(=O)(O)CCCC[N+]1=CCc2ccccc21.[OH-]. The van der Waals surface area contributed by atoms with E-state index in [-0.39, 0.29) is 11.2 Å². The van der Waals surface area contributed by atoms with Crippen LogP contribution in [0.15, 0.2) is 24.3 Å². The third-order valence-electron chi connectivity index (χ3n) is 2.88. The first-order valence-electron chi connectivity index (χ1n) is 5.69. The predicted molar refractivity (Wildman–Crippen MR) is 68.6 cm³/mol. The fourth-order valence-electron chi connectivity index (χ4n) is 2.05. The molecule has 0 unspecified atom stereocenters. The number of fused-ring (bicyclic) bond motifs is 1. The van der Waals surface area contributed by atoms with Crippen LogP contribution in [-0.4, -0.2) is 41.5 Å². The van der Waals surface area contributed by atoms with Crippen LogP contribution >= 0.6 is 0 Å². The molecule has 1 aromatic carbocycles. The first-order valence-corrected chi connectivity index (χ1v) is 7.30. The molecule has 18 heavy (non-hydrogen) atoms. The molecule has 0 radical (unpaired) electrons. The highest BCUT2D eigenvalue weighted by Gasteiger charge is 2.20. The van der Waals surface area contributed by atoms with Crippen LogP contribution in [0.4, 0.5) is 5.69 Å². The molecule has 0 saturated heterocycles. The molecule has 1 aliphatic rings. The number of rotatable bonds is 5. The van der Waals surface area contributed by atoms with Crippen LogP contribution in [0.25, 0.3) is 0 Å². The third-order valence-corrected chi connectivity index (χ3v) is 3.69. The number of nitrogens with zero attached hydrogens (tertiary/aromatic N) is 1. The Morgan fingerprint density at radius 3 is 2.67 bits per heavy atom. The fourth-order valence-corrected chi connectivity index (χ4v) is 2.62. The molecule has 2 N–H and O–H groups in total. The van der Waals surface area contributed by atoms with Gasteiger partial charge in [0.05, 0.1) is 12.2 Å². The van der Waals surface area contributed by atoms with Crippen molar-refractivity contribution in [2.45, 2.75) is 19.3 Å². The van der Waals surface area contributed by atoms with Crippen molar-refractivity contribution in [1.82, 2.24) is 0 Å². The average Bonchev–Trinajstić information content (AvgIpc) is 2.67. The van der Waals surface area contributed by atoms with Gasteiger partial charge in [0.1, 0.15) is 12.8 Å². The van der Waals surface area contributed by atoms with E-state index in [0.717, 1.165) is 19.4 Å². The number of hydrogen-bond acceptors (Lipinski definition) is 3. The van der Waals surface area contributed by atoms with Crippen LogP contribution < -0.4 is 0 Å². The maximum absolute atomic E-state index is 10.6. The first kappa shape index (κ1) is 14.8. The maximum atomic E-state index is 10.6. The second kappa shape index (κ2) is 6.08. The summed E-state index contributed by atoms with van der Waals surface area (Å²) in [6.45, 7) is 0.798. The largest absolute Gasteiger partial charge is 0.870 e. The second-order valence-electron chi connectivity index (χ2n) is 4.20. The summed E-state index contributed by atoms with van der Waals surface area (Å²) >= 11 is 0. The normalized spacial score (nSPS) is 13.7. The maximum Gasteiger partial charge on any atom is 0.264 e. The van der Waals surface area contributed by atoms with E-state index >= 15 is 0 Å². The lowest BCUT2D eigenvalue weighted by atomic mass is 10.1. The van der Waals surface area contributed by atoms with E-state index in [1.165, 1.54) is 11.3 Å². The molecule has 5 nitrogen and oxygen atoms in total. The Morgan fingerprint density at radius 1 is 1.22 bits per heavy atom. The van der Waals surface area contributed by atoms with E-state index < -0.39 is 10.1 Å². The van der Waals surface area contributed by atoms with Gasteiger partial charge in [-0.05, 0) is 6.42 Å². The van der Waals surface area contributed by atoms with Crippen molar-refractivity contribution in [3.8, 4) is 0 Å². The van der Waals surface area contributed by atoms with E-state index in [4.69, 9.17) is 4.55 Å². The molecule has 0 bridgehead atoms. The van der Waals surface area contributed by atoms with Gasteiger partial charge in [-0.2, -0.15) is 8.42 Å². The van der Waals surface area contributed by atoms with E-state index in [1.807, 2.05) is 12.1 Å². The summed E-state index contributed by atoms with van der Waals surface area (Å²) in [5.41, 5.74) is 2.52. The lowest BCUT2D eigenvalue weighted by Crippen LogP contribution is -2.09. The molecule has 6 heteroatoms. The van der Waals surface area contributed by atoms with Crippen molar-refractivity contribution in [3.05, 3.63) is 29.8 Å². The van der Waals surface area contributed by atoms with Gasteiger partial charge in [0.25, 0.3) is 10.1 Å². The Labute approximate surface area is 107 Å². The zero-order chi connectivity index (χ0) is 12.3. The van der Waals surface area contributed by atoms with Gasteiger partial charge in [0.2, 0.25) is 5.69 Å². The second-order valence-corrected chi connectivity index (χ2v) is 5.77. The van der Waals surface area contributed by atoms with Crippen LogP contribution in [0.2, 0.25) is 0 Å². The van der Waals surface area contributed by atoms with Crippen LogP contribution in [0.3, 0.4) is 0 Å². The van der Waals surface area contributed by atoms with Gasteiger partial charge in [-0.3, -0.25) is 4.55 Å². The predicted octanol–water partition coefficient (Wildman–Crippen LogP) is 1.45. The molecule has 0 saturated carbocycles. The highest BCUT2D eigenvalue weighted by atomic mass is 32.2. The molecular weight excluding hydrogens is 254 g/mol. The molecule has 0 fully saturated rings. The molecule has 2 rings (SSSR count). The van der Waals surface area contributed by atoms with Crippen LogP contribution in [0.1, 0.15) is 18.4 Å². The molecule has 0 spiro atoms. The minimum atomic E-state index is -3.81. The van der Waals surface area contributed by atoms with Crippen molar-refractivity contribution in [2.24, 2.45) is 0 Å². The Morgan fingerprint density at radius 2 is 1.94 bits per heavy atom. The smallest absolute Gasteiger partial charge is 0.264 e. The quantitative estimate of drug-likeness (QED) is 0.499. The average molecular weight is 271 g/mol. The van der Waals surface area contributed by atoms with Gasteiger partial charge in [0, 0.05) is 18.1 Å². The molecule has 1 aliphatic heterocycles. The summed E-state index contributed by atoms with van der Waals surface area (Å²) < 4.78 is 31.9. The molecule has 1 aromatic rings. The lowest BCUT2D eigenvalue weighted by Gasteiger charge is -2.00. The number of para-hydroxylation sites is 1. The van der Waals surface area contributed by atoms with Crippen LogP contribution in [0, 0.1) is 0 Å². The summed E-state index contributed by atoms with van der Waals surface area (Å²) in [5.74, 6) is -0.150. The monoisotopic (exact) mass is 271 g/mol.